The maximum absolute atomic E-state index is 13.8. The van der Waals surface area contributed by atoms with Crippen LogP contribution >= 0.6 is 0 Å². The van der Waals surface area contributed by atoms with Crippen LogP contribution in [0.15, 0.2) is 48.5 Å². The second-order valence-corrected chi connectivity index (χ2v) is 6.31. The predicted molar refractivity (Wildman–Crippen MR) is 89.3 cm³/mol. The Bertz CT molecular complexity index is 885. The topological polar surface area (TPSA) is 52.4 Å². The molecule has 2 atom stereocenters. The molecule has 1 heterocycles. The molecule has 0 aliphatic carbocycles. The standard InChI is InChI=1S/C18H16F4N3O2/c1-24-10-13(11-5-4-6-12(9-11)18(20,21)22)16(17(24)26)25(27)23-15-8-3-2-7-14(15)19/h2-9,13,16H,10H2,1H3,(H,23,27)/q+1/t13-,16-/m1/s1. The smallest absolute Gasteiger partial charge is 0.339 e. The lowest BCUT2D eigenvalue weighted by atomic mass is 9.93. The molecule has 1 fully saturated rings. The van der Waals surface area contributed by atoms with Crippen molar-refractivity contribution < 1.29 is 27.2 Å². The molecule has 2 aromatic carbocycles. The van der Waals surface area contributed by atoms with Gasteiger partial charge in [-0.2, -0.15) is 13.2 Å². The Hall–Kier alpha value is -2.97. The Kier molecular flexibility index (Phi) is 4.86. The number of anilines is 1. The molecule has 0 spiro atoms. The third-order valence-electron chi connectivity index (χ3n) is 4.48. The van der Waals surface area contributed by atoms with Gasteiger partial charge in [-0.3, -0.25) is 4.79 Å². The number of carbonyl (C=O) groups is 1. The van der Waals surface area contributed by atoms with Crippen LogP contribution < -0.4 is 5.43 Å². The molecule has 1 amide bonds. The summed E-state index contributed by atoms with van der Waals surface area (Å²) in [5, 5.41) is 0. The number of benzene rings is 2. The van der Waals surface area contributed by atoms with Gasteiger partial charge < -0.3 is 4.90 Å². The van der Waals surface area contributed by atoms with Crippen LogP contribution in [0.5, 0.6) is 0 Å². The fourth-order valence-corrected chi connectivity index (χ4v) is 3.12. The number of likely N-dealkylation sites (N-methyl/N-ethyl adjacent to an activating group) is 1. The molecule has 3 rings (SSSR count). The fourth-order valence-electron chi connectivity index (χ4n) is 3.12. The number of halogens is 4. The van der Waals surface area contributed by atoms with E-state index in [1.54, 1.807) is 0 Å². The first kappa shape index (κ1) is 18.8. The summed E-state index contributed by atoms with van der Waals surface area (Å²) in [6.07, 6.45) is -4.54. The van der Waals surface area contributed by atoms with Crippen molar-refractivity contribution in [2.75, 3.05) is 19.0 Å². The average molecular weight is 382 g/mol. The number of para-hydroxylation sites is 1. The van der Waals surface area contributed by atoms with Gasteiger partial charge in [0.2, 0.25) is 0 Å². The summed E-state index contributed by atoms with van der Waals surface area (Å²) < 4.78 is 52.7. The normalized spacial score (nSPS) is 20.0. The first-order chi connectivity index (χ1) is 12.7. The number of rotatable bonds is 4. The number of likely N-dealkylation sites (tertiary alicyclic amines) is 1. The van der Waals surface area contributed by atoms with Gasteiger partial charge in [0.15, 0.2) is 5.82 Å². The summed E-state index contributed by atoms with van der Waals surface area (Å²) in [4.78, 5) is 26.4. The minimum atomic E-state index is -4.54. The largest absolute Gasteiger partial charge is 0.416 e. The van der Waals surface area contributed by atoms with Crippen LogP contribution in [0.2, 0.25) is 0 Å². The molecule has 0 bridgehead atoms. The van der Waals surface area contributed by atoms with Gasteiger partial charge in [0.1, 0.15) is 10.6 Å². The lowest BCUT2D eigenvalue weighted by Gasteiger charge is -2.14. The number of amides is 1. The number of hydrazine groups is 1. The summed E-state index contributed by atoms with van der Waals surface area (Å²) in [6, 6.07) is 8.62. The Balaban J connectivity index is 1.92. The van der Waals surface area contributed by atoms with Crippen molar-refractivity contribution in [2.45, 2.75) is 18.1 Å². The van der Waals surface area contributed by atoms with Crippen molar-refractivity contribution >= 4 is 11.6 Å². The zero-order chi connectivity index (χ0) is 19.8. The average Bonchev–Trinajstić information content (AvgIpc) is 2.91. The molecule has 0 saturated carbocycles. The summed E-state index contributed by atoms with van der Waals surface area (Å²) in [5.74, 6) is -2.05. The lowest BCUT2D eigenvalue weighted by Crippen LogP contribution is -2.39. The highest BCUT2D eigenvalue weighted by Crippen LogP contribution is 2.35. The number of alkyl halides is 3. The van der Waals surface area contributed by atoms with Crippen LogP contribution in [-0.4, -0.2) is 35.3 Å². The minimum Gasteiger partial charge on any atom is -0.339 e. The Labute approximate surface area is 152 Å². The molecular formula is C18H16F4N3O2+. The second kappa shape index (κ2) is 6.98. The van der Waals surface area contributed by atoms with Gasteiger partial charge >= 0.3 is 12.2 Å². The number of nitroso groups, excluding NO2 is 1. The van der Waals surface area contributed by atoms with E-state index in [1.165, 1.54) is 42.3 Å². The van der Waals surface area contributed by atoms with E-state index in [2.05, 4.69) is 5.43 Å². The molecule has 0 radical (unpaired) electrons. The fraction of sp³-hybridized carbons (Fsp3) is 0.278. The Morgan fingerprint density at radius 2 is 1.85 bits per heavy atom. The van der Waals surface area contributed by atoms with E-state index < -0.39 is 35.4 Å². The second-order valence-electron chi connectivity index (χ2n) is 6.31. The van der Waals surface area contributed by atoms with Gasteiger partial charge in [-0.05, 0) is 23.8 Å². The maximum Gasteiger partial charge on any atom is 0.416 e. The number of nitrogens with zero attached hydrogens (tertiary/aromatic N) is 2. The number of carbonyl (C=O) groups excluding carboxylic acids is 1. The third kappa shape index (κ3) is 3.76. The minimum absolute atomic E-state index is 0.0719. The number of nitrogens with one attached hydrogen (secondary N) is 1. The highest BCUT2D eigenvalue weighted by molar-refractivity contribution is 5.84. The molecule has 9 heteroatoms. The Morgan fingerprint density at radius 1 is 1.15 bits per heavy atom. The van der Waals surface area contributed by atoms with Crippen LogP contribution in [-0.2, 0) is 11.0 Å². The predicted octanol–water partition coefficient (Wildman–Crippen LogP) is 3.57. The molecule has 2 aromatic rings. The van der Waals surface area contributed by atoms with Gasteiger partial charge in [-0.1, -0.05) is 30.3 Å². The van der Waals surface area contributed by atoms with E-state index in [1.807, 2.05) is 0 Å². The zero-order valence-electron chi connectivity index (χ0n) is 14.2. The molecule has 27 heavy (non-hydrogen) atoms. The molecule has 5 nitrogen and oxygen atoms in total. The summed E-state index contributed by atoms with van der Waals surface area (Å²) in [7, 11) is 1.46. The van der Waals surface area contributed by atoms with Gasteiger partial charge in [0, 0.05) is 13.6 Å². The number of hydrogen-bond acceptors (Lipinski definition) is 2. The van der Waals surface area contributed by atoms with E-state index in [9.17, 15) is 27.3 Å². The molecular weight excluding hydrogens is 366 g/mol. The van der Waals surface area contributed by atoms with E-state index in [-0.39, 0.29) is 22.7 Å². The molecule has 1 saturated heterocycles. The highest BCUT2D eigenvalue weighted by Gasteiger charge is 2.51. The van der Waals surface area contributed by atoms with Gasteiger partial charge in [-0.25, -0.2) is 4.39 Å². The van der Waals surface area contributed by atoms with Crippen molar-refractivity contribution in [3.8, 4) is 0 Å². The van der Waals surface area contributed by atoms with Gasteiger partial charge in [0.25, 0.3) is 5.91 Å². The molecule has 1 aliphatic rings. The van der Waals surface area contributed by atoms with Crippen molar-refractivity contribution in [3.05, 3.63) is 70.4 Å². The van der Waals surface area contributed by atoms with E-state index in [4.69, 9.17) is 0 Å². The lowest BCUT2D eigenvalue weighted by molar-refractivity contribution is -0.545. The molecule has 0 unspecified atom stereocenters. The first-order valence-corrected chi connectivity index (χ1v) is 8.08. The summed E-state index contributed by atoms with van der Waals surface area (Å²) in [6.45, 7) is 0.0719. The third-order valence-corrected chi connectivity index (χ3v) is 4.48. The van der Waals surface area contributed by atoms with Crippen LogP contribution in [0.4, 0.5) is 23.2 Å². The van der Waals surface area contributed by atoms with Gasteiger partial charge in [-0.15, -0.1) is 5.43 Å². The monoisotopic (exact) mass is 382 g/mol. The van der Waals surface area contributed by atoms with Gasteiger partial charge in [0.05, 0.1) is 16.4 Å². The quantitative estimate of drug-likeness (QED) is 0.500. The zero-order valence-corrected chi connectivity index (χ0v) is 14.2. The molecule has 142 valence electrons. The van der Waals surface area contributed by atoms with Crippen LogP contribution in [0.3, 0.4) is 0 Å². The molecule has 0 aromatic heterocycles. The maximum atomic E-state index is 13.8. The van der Waals surface area contributed by atoms with Crippen LogP contribution in [0.25, 0.3) is 0 Å². The van der Waals surface area contributed by atoms with Crippen molar-refractivity contribution in [3.63, 3.8) is 0 Å². The van der Waals surface area contributed by atoms with Crippen LogP contribution in [0, 0.1) is 10.7 Å². The first-order valence-electron chi connectivity index (χ1n) is 8.08. The van der Waals surface area contributed by atoms with E-state index in [0.717, 1.165) is 18.2 Å². The molecule has 1 N–H and O–H groups in total. The van der Waals surface area contributed by atoms with Crippen molar-refractivity contribution in [2.24, 2.45) is 0 Å². The summed E-state index contributed by atoms with van der Waals surface area (Å²) >= 11 is 0. The van der Waals surface area contributed by atoms with Crippen molar-refractivity contribution in [1.82, 2.24) is 4.90 Å². The van der Waals surface area contributed by atoms with E-state index >= 15 is 0 Å². The van der Waals surface area contributed by atoms with Crippen molar-refractivity contribution in [1.29, 1.82) is 0 Å². The Morgan fingerprint density at radius 3 is 2.52 bits per heavy atom. The van der Waals surface area contributed by atoms with E-state index in [0.29, 0.717) is 0 Å². The molecule has 1 aliphatic heterocycles. The highest BCUT2D eigenvalue weighted by atomic mass is 19.4. The SMILES string of the molecule is CN1C[C@H](c2cccc(C(F)(F)F)c2)[C@@H]([N+](=O)Nc2ccccc2F)C1=O. The number of hydrogen-bond donors (Lipinski definition) is 1. The summed E-state index contributed by atoms with van der Waals surface area (Å²) in [5.41, 5.74) is 1.50. The van der Waals surface area contributed by atoms with Crippen LogP contribution in [0.1, 0.15) is 17.0 Å².